The van der Waals surface area contributed by atoms with Gasteiger partial charge in [-0.1, -0.05) is 62.4 Å². The summed E-state index contributed by atoms with van der Waals surface area (Å²) >= 11 is 0. The predicted molar refractivity (Wildman–Crippen MR) is 177 cm³/mol. The van der Waals surface area contributed by atoms with E-state index in [0.29, 0.717) is 27.8 Å². The number of anilines is 1. The lowest BCUT2D eigenvalue weighted by Crippen LogP contribution is -2.33. The number of carbonyl (C=O) groups is 2. The molecule has 238 valence electrons. The van der Waals surface area contributed by atoms with Crippen LogP contribution in [0, 0.1) is 5.82 Å². The highest BCUT2D eigenvalue weighted by Crippen LogP contribution is 2.37. The fourth-order valence-electron chi connectivity index (χ4n) is 5.58. The van der Waals surface area contributed by atoms with Crippen LogP contribution in [0.15, 0.2) is 91.1 Å². The molecule has 2 N–H and O–H groups in total. The van der Waals surface area contributed by atoms with Crippen LogP contribution in [0.25, 0.3) is 27.9 Å². The van der Waals surface area contributed by atoms with Crippen molar-refractivity contribution in [2.75, 3.05) is 30.8 Å². The number of sulfonamides is 1. The van der Waals surface area contributed by atoms with Gasteiger partial charge in [-0.15, -0.1) is 0 Å². The third-order valence-corrected chi connectivity index (χ3v) is 9.13. The maximum absolute atomic E-state index is 13.8. The molecule has 11 heteroatoms. The predicted octanol–water partition coefficient (Wildman–Crippen LogP) is 5.48. The van der Waals surface area contributed by atoms with Crippen molar-refractivity contribution in [2.24, 2.45) is 0 Å². The number of aromatic nitrogens is 2. The summed E-state index contributed by atoms with van der Waals surface area (Å²) in [6.07, 6.45) is 2.75. The number of aliphatic hydroxyl groups is 1. The molecule has 2 heterocycles. The van der Waals surface area contributed by atoms with Crippen molar-refractivity contribution in [3.8, 4) is 22.4 Å². The molecule has 9 nitrogen and oxygen atoms in total. The Morgan fingerprint density at radius 2 is 1.67 bits per heavy atom. The molecule has 0 radical (unpaired) electrons. The van der Waals surface area contributed by atoms with E-state index in [-0.39, 0.29) is 35.7 Å². The molecule has 1 amide bonds. The number of fused-ring (bicyclic) bond motifs is 1. The molecule has 0 spiro atoms. The van der Waals surface area contributed by atoms with Crippen LogP contribution in [0.1, 0.15) is 46.5 Å². The third-order valence-electron chi connectivity index (χ3n) is 7.95. The minimum Gasteiger partial charge on any atom is -0.394 e. The Hall–Kier alpha value is -4.87. The molecule has 0 atom stereocenters. The van der Waals surface area contributed by atoms with E-state index in [2.05, 4.69) is 10.4 Å². The molecule has 2 aromatic heterocycles. The summed E-state index contributed by atoms with van der Waals surface area (Å²) in [7, 11) is -2.42. The fraction of sp³-hybridized carbons (Fsp3) is 0.229. The Kier molecular flexibility index (Phi) is 9.09. The largest absolute Gasteiger partial charge is 0.394 e. The highest BCUT2D eigenvalue weighted by Gasteiger charge is 2.28. The quantitative estimate of drug-likeness (QED) is 0.184. The Morgan fingerprint density at radius 1 is 0.978 bits per heavy atom. The van der Waals surface area contributed by atoms with Gasteiger partial charge in [-0.3, -0.25) is 13.9 Å². The van der Waals surface area contributed by atoms with Gasteiger partial charge in [-0.25, -0.2) is 17.3 Å². The van der Waals surface area contributed by atoms with E-state index in [0.717, 1.165) is 16.1 Å². The lowest BCUT2D eigenvalue weighted by atomic mass is 9.79. The fourth-order valence-corrected chi connectivity index (χ4v) is 6.50. The number of Topliss-reactive ketones (excluding diaryl/α,β-unsaturated/α-hetero) is 1. The SMILES string of the molecule is CNC(=O)c1c(-c2ccc(F)cc2)nn2cc(N(CCO)S(C)(=O)=O)c(-c3cccc(C(=O)CC(C)(C)c4ccccc4)c3)cc12. The van der Waals surface area contributed by atoms with Gasteiger partial charge in [0.2, 0.25) is 10.0 Å². The highest BCUT2D eigenvalue weighted by molar-refractivity contribution is 7.92. The first kappa shape index (κ1) is 32.5. The number of hydrogen-bond acceptors (Lipinski definition) is 6. The van der Waals surface area contributed by atoms with Gasteiger partial charge >= 0.3 is 0 Å². The summed E-state index contributed by atoms with van der Waals surface area (Å²) in [5.41, 5.74) is 3.45. The second-order valence-electron chi connectivity index (χ2n) is 11.7. The lowest BCUT2D eigenvalue weighted by molar-refractivity contribution is 0.0952. The van der Waals surface area contributed by atoms with E-state index in [1.165, 1.54) is 42.0 Å². The van der Waals surface area contributed by atoms with Gasteiger partial charge in [-0.05, 0) is 52.9 Å². The molecule has 0 bridgehead atoms. The van der Waals surface area contributed by atoms with Gasteiger partial charge in [0, 0.05) is 30.2 Å². The number of ketones is 1. The van der Waals surface area contributed by atoms with Gasteiger partial charge in [0.25, 0.3) is 5.91 Å². The Balaban J connectivity index is 1.71. The number of hydrogen-bond donors (Lipinski definition) is 2. The zero-order valence-corrected chi connectivity index (χ0v) is 26.8. The molecule has 5 rings (SSSR count). The van der Waals surface area contributed by atoms with Crippen molar-refractivity contribution < 1.29 is 27.5 Å². The average Bonchev–Trinajstić information content (AvgIpc) is 3.41. The molecule has 0 saturated carbocycles. The number of amides is 1. The maximum Gasteiger partial charge on any atom is 0.255 e. The molecule has 46 heavy (non-hydrogen) atoms. The van der Waals surface area contributed by atoms with Gasteiger partial charge in [-0.2, -0.15) is 5.10 Å². The molecule has 0 unspecified atom stereocenters. The summed E-state index contributed by atoms with van der Waals surface area (Å²) in [6, 6.07) is 23.9. The van der Waals surface area contributed by atoms with Crippen molar-refractivity contribution in [3.63, 3.8) is 0 Å². The van der Waals surface area contributed by atoms with Crippen molar-refractivity contribution >= 4 is 32.9 Å². The van der Waals surface area contributed by atoms with Crippen LogP contribution in [-0.4, -0.2) is 61.3 Å². The number of nitrogens with zero attached hydrogens (tertiary/aromatic N) is 3. The highest BCUT2D eigenvalue weighted by atomic mass is 32.2. The van der Waals surface area contributed by atoms with Crippen LogP contribution in [-0.2, 0) is 15.4 Å². The second kappa shape index (κ2) is 12.9. The van der Waals surface area contributed by atoms with Crippen molar-refractivity contribution in [2.45, 2.75) is 25.7 Å². The zero-order valence-electron chi connectivity index (χ0n) is 26.0. The van der Waals surface area contributed by atoms with Crippen LogP contribution >= 0.6 is 0 Å². The van der Waals surface area contributed by atoms with E-state index in [1.807, 2.05) is 44.2 Å². The van der Waals surface area contributed by atoms with Crippen LogP contribution < -0.4 is 9.62 Å². The van der Waals surface area contributed by atoms with Crippen LogP contribution in [0.2, 0.25) is 0 Å². The van der Waals surface area contributed by atoms with E-state index in [1.54, 1.807) is 30.3 Å². The molecule has 3 aromatic carbocycles. The maximum atomic E-state index is 13.8. The molecule has 0 aliphatic carbocycles. The van der Waals surface area contributed by atoms with Gasteiger partial charge < -0.3 is 10.4 Å². The summed E-state index contributed by atoms with van der Waals surface area (Å²) < 4.78 is 42.3. The van der Waals surface area contributed by atoms with E-state index in [4.69, 9.17) is 0 Å². The number of pyridine rings is 1. The number of carbonyl (C=O) groups excluding carboxylic acids is 2. The molecule has 0 saturated heterocycles. The average molecular weight is 643 g/mol. The zero-order chi connectivity index (χ0) is 33.2. The van der Waals surface area contributed by atoms with Gasteiger partial charge in [0.1, 0.15) is 11.5 Å². The van der Waals surface area contributed by atoms with Crippen molar-refractivity contribution in [3.05, 3.63) is 114 Å². The molecule has 0 aliphatic heterocycles. The third kappa shape index (κ3) is 6.56. The summed E-state index contributed by atoms with van der Waals surface area (Å²) in [5.74, 6) is -0.994. The molecule has 0 fully saturated rings. The number of nitrogens with one attached hydrogen (secondary N) is 1. The first-order chi connectivity index (χ1) is 21.8. The first-order valence-corrected chi connectivity index (χ1v) is 16.5. The van der Waals surface area contributed by atoms with Crippen LogP contribution in [0.3, 0.4) is 0 Å². The van der Waals surface area contributed by atoms with Crippen LogP contribution in [0.5, 0.6) is 0 Å². The minimum absolute atomic E-state index is 0.0948. The summed E-state index contributed by atoms with van der Waals surface area (Å²) in [5, 5.41) is 17.1. The summed E-state index contributed by atoms with van der Waals surface area (Å²) in [6.45, 7) is 3.32. The van der Waals surface area contributed by atoms with Gasteiger partial charge in [0.05, 0.1) is 42.4 Å². The molecule has 0 aliphatic rings. The number of halogens is 1. The first-order valence-electron chi connectivity index (χ1n) is 14.7. The van der Waals surface area contributed by atoms with Crippen LogP contribution in [0.4, 0.5) is 10.1 Å². The van der Waals surface area contributed by atoms with Gasteiger partial charge in [0.15, 0.2) is 5.78 Å². The van der Waals surface area contributed by atoms with E-state index in [9.17, 15) is 27.5 Å². The summed E-state index contributed by atoms with van der Waals surface area (Å²) in [4.78, 5) is 26.9. The van der Waals surface area contributed by atoms with E-state index < -0.39 is 33.8 Å². The standard InChI is InChI=1S/C35H35FN4O5S/c1-35(2,26-11-6-5-7-12-26)21-31(42)25-10-8-9-24(19-25)28-20-29-32(34(43)37-3)33(23-13-15-27(36)16-14-23)38-39(29)22-30(28)40(17-18-41)46(4,44)45/h5-16,19-20,22,41H,17-18,21H2,1-4H3,(H,37,43). The number of benzene rings is 3. The number of aliphatic hydroxyl groups excluding tert-OH is 1. The smallest absolute Gasteiger partial charge is 0.255 e. The normalized spacial score (nSPS) is 11.9. The Bertz CT molecular complexity index is 2020. The Labute approximate surface area is 267 Å². The van der Waals surface area contributed by atoms with Crippen molar-refractivity contribution in [1.82, 2.24) is 14.9 Å². The molecular formula is C35H35FN4O5S. The minimum atomic E-state index is -3.90. The topological polar surface area (TPSA) is 121 Å². The molecule has 5 aromatic rings. The van der Waals surface area contributed by atoms with E-state index >= 15 is 0 Å². The molecular weight excluding hydrogens is 607 g/mol. The Morgan fingerprint density at radius 3 is 2.30 bits per heavy atom. The monoisotopic (exact) mass is 642 g/mol. The second-order valence-corrected chi connectivity index (χ2v) is 13.6. The number of rotatable bonds is 11. The lowest BCUT2D eigenvalue weighted by Gasteiger charge is -2.25. The van der Waals surface area contributed by atoms with Crippen molar-refractivity contribution in [1.29, 1.82) is 0 Å².